The normalized spacial score (nSPS) is 23.1. The Labute approximate surface area is 123 Å². The zero-order valence-corrected chi connectivity index (χ0v) is 13.2. The highest BCUT2D eigenvalue weighted by Gasteiger charge is 2.25. The first-order chi connectivity index (χ1) is 9.68. The maximum atomic E-state index is 12.5. The van der Waals surface area contributed by atoms with Gasteiger partial charge in [0, 0.05) is 13.1 Å². The zero-order chi connectivity index (χ0) is 14.4. The molecule has 0 spiro atoms. The number of amides is 1. The van der Waals surface area contributed by atoms with E-state index in [2.05, 4.69) is 29.1 Å². The minimum atomic E-state index is 0.0369. The summed E-state index contributed by atoms with van der Waals surface area (Å²) < 4.78 is 0. The van der Waals surface area contributed by atoms with Gasteiger partial charge in [0.25, 0.3) is 0 Å². The van der Waals surface area contributed by atoms with Crippen molar-refractivity contribution in [3.05, 3.63) is 0 Å². The van der Waals surface area contributed by atoms with Crippen LogP contribution in [0.5, 0.6) is 0 Å². The highest BCUT2D eigenvalue weighted by molar-refractivity contribution is 5.81. The average molecular weight is 281 g/mol. The summed E-state index contributed by atoms with van der Waals surface area (Å²) in [5.41, 5.74) is 0. The highest BCUT2D eigenvalue weighted by Crippen LogP contribution is 2.17. The van der Waals surface area contributed by atoms with Gasteiger partial charge in [0.05, 0.1) is 6.04 Å². The molecule has 0 saturated carbocycles. The van der Waals surface area contributed by atoms with Crippen LogP contribution in [-0.2, 0) is 4.79 Å². The van der Waals surface area contributed by atoms with Crippen molar-refractivity contribution in [3.8, 4) is 0 Å². The van der Waals surface area contributed by atoms with Crippen molar-refractivity contribution in [2.75, 3.05) is 39.8 Å². The summed E-state index contributed by atoms with van der Waals surface area (Å²) >= 11 is 0. The van der Waals surface area contributed by atoms with Crippen LogP contribution in [0.2, 0.25) is 0 Å². The van der Waals surface area contributed by atoms with E-state index in [1.165, 1.54) is 38.5 Å². The van der Waals surface area contributed by atoms with E-state index in [4.69, 9.17) is 0 Å². The van der Waals surface area contributed by atoms with Gasteiger partial charge in [0.2, 0.25) is 5.91 Å². The number of rotatable bonds is 5. The summed E-state index contributed by atoms with van der Waals surface area (Å²) in [4.78, 5) is 16.8. The number of carbonyl (C=O) groups excluding carboxylic acids is 1. The predicted octanol–water partition coefficient (Wildman–Crippen LogP) is 1.71. The Balaban J connectivity index is 1.72. The second-order valence-electron chi connectivity index (χ2n) is 6.52. The van der Waals surface area contributed by atoms with E-state index < -0.39 is 0 Å². The third kappa shape index (κ3) is 4.45. The van der Waals surface area contributed by atoms with Gasteiger partial charge in [-0.05, 0) is 78.0 Å². The number of hydrogen-bond donors (Lipinski definition) is 1. The summed E-state index contributed by atoms with van der Waals surface area (Å²) in [7, 11) is 2.10. The minimum absolute atomic E-state index is 0.0369. The Kier molecular flexibility index (Phi) is 6.30. The number of likely N-dealkylation sites (N-methyl/N-ethyl adjacent to an activating group) is 1. The smallest absolute Gasteiger partial charge is 0.239 e. The molecule has 116 valence electrons. The Morgan fingerprint density at radius 3 is 2.55 bits per heavy atom. The van der Waals surface area contributed by atoms with E-state index in [0.29, 0.717) is 5.91 Å². The molecule has 0 aromatic carbocycles. The fourth-order valence-electron chi connectivity index (χ4n) is 3.32. The molecule has 2 heterocycles. The third-order valence-corrected chi connectivity index (χ3v) is 5.04. The second-order valence-corrected chi connectivity index (χ2v) is 6.52. The van der Waals surface area contributed by atoms with Gasteiger partial charge in [-0.2, -0.15) is 0 Å². The predicted molar refractivity (Wildman–Crippen MR) is 82.7 cm³/mol. The van der Waals surface area contributed by atoms with Gasteiger partial charge in [-0.25, -0.2) is 0 Å². The molecule has 20 heavy (non-hydrogen) atoms. The fourth-order valence-corrected chi connectivity index (χ4v) is 3.32. The average Bonchev–Trinajstić information content (AvgIpc) is 2.53. The van der Waals surface area contributed by atoms with Crippen LogP contribution < -0.4 is 5.32 Å². The van der Waals surface area contributed by atoms with E-state index in [9.17, 15) is 4.79 Å². The van der Waals surface area contributed by atoms with Crippen LogP contribution >= 0.6 is 0 Å². The Morgan fingerprint density at radius 1 is 1.25 bits per heavy atom. The maximum absolute atomic E-state index is 12.5. The zero-order valence-electron chi connectivity index (χ0n) is 13.2. The van der Waals surface area contributed by atoms with Crippen LogP contribution in [0.4, 0.5) is 0 Å². The van der Waals surface area contributed by atoms with Gasteiger partial charge in [-0.15, -0.1) is 0 Å². The van der Waals surface area contributed by atoms with Gasteiger partial charge in [0.15, 0.2) is 0 Å². The van der Waals surface area contributed by atoms with Gasteiger partial charge in [0.1, 0.15) is 0 Å². The number of nitrogens with zero attached hydrogens (tertiary/aromatic N) is 2. The molecular weight excluding hydrogens is 250 g/mol. The lowest BCUT2D eigenvalue weighted by molar-refractivity contribution is -0.136. The molecule has 2 saturated heterocycles. The first-order valence-electron chi connectivity index (χ1n) is 8.38. The lowest BCUT2D eigenvalue weighted by Crippen LogP contribution is -2.47. The molecule has 0 aromatic heterocycles. The van der Waals surface area contributed by atoms with Crippen molar-refractivity contribution >= 4 is 5.91 Å². The summed E-state index contributed by atoms with van der Waals surface area (Å²) in [6.45, 7) is 7.37. The number of hydrogen-bond acceptors (Lipinski definition) is 3. The highest BCUT2D eigenvalue weighted by atomic mass is 16.2. The molecule has 1 atom stereocenters. The molecule has 0 aliphatic carbocycles. The van der Waals surface area contributed by atoms with Crippen molar-refractivity contribution < 1.29 is 4.79 Å². The van der Waals surface area contributed by atoms with Gasteiger partial charge < -0.3 is 10.2 Å². The van der Waals surface area contributed by atoms with E-state index in [1.54, 1.807) is 0 Å². The molecule has 4 nitrogen and oxygen atoms in total. The van der Waals surface area contributed by atoms with E-state index >= 15 is 0 Å². The van der Waals surface area contributed by atoms with Crippen molar-refractivity contribution in [1.82, 2.24) is 15.1 Å². The van der Waals surface area contributed by atoms with Gasteiger partial charge >= 0.3 is 0 Å². The molecule has 2 rings (SSSR count). The van der Waals surface area contributed by atoms with Crippen LogP contribution in [0.15, 0.2) is 0 Å². The summed E-state index contributed by atoms with van der Waals surface area (Å²) in [5.74, 6) is 1.17. The van der Waals surface area contributed by atoms with Crippen molar-refractivity contribution in [1.29, 1.82) is 0 Å². The molecule has 2 aliphatic rings. The Morgan fingerprint density at radius 2 is 1.90 bits per heavy atom. The SMILES string of the molecule is CC(C(=O)N1CCCCC1)N(C)CCC1CCNCC1. The molecule has 0 radical (unpaired) electrons. The first kappa shape index (κ1) is 15.8. The maximum Gasteiger partial charge on any atom is 0.239 e. The van der Waals surface area contributed by atoms with Crippen molar-refractivity contribution in [2.24, 2.45) is 5.92 Å². The number of carbonyl (C=O) groups is 1. The summed E-state index contributed by atoms with van der Waals surface area (Å²) in [6, 6.07) is 0.0369. The van der Waals surface area contributed by atoms with Crippen molar-refractivity contribution in [3.63, 3.8) is 0 Å². The minimum Gasteiger partial charge on any atom is -0.341 e. The molecule has 0 bridgehead atoms. The van der Waals surface area contributed by atoms with Gasteiger partial charge in [-0.1, -0.05) is 0 Å². The largest absolute Gasteiger partial charge is 0.341 e. The number of nitrogens with one attached hydrogen (secondary N) is 1. The summed E-state index contributed by atoms with van der Waals surface area (Å²) in [5, 5.41) is 3.41. The van der Waals surface area contributed by atoms with Crippen LogP contribution in [0.3, 0.4) is 0 Å². The van der Waals surface area contributed by atoms with Crippen LogP contribution in [0, 0.1) is 5.92 Å². The Hall–Kier alpha value is -0.610. The molecule has 1 N–H and O–H groups in total. The molecular formula is C16H31N3O. The van der Waals surface area contributed by atoms with E-state index in [-0.39, 0.29) is 6.04 Å². The molecule has 1 unspecified atom stereocenters. The van der Waals surface area contributed by atoms with Crippen molar-refractivity contribution in [2.45, 2.75) is 51.5 Å². The van der Waals surface area contributed by atoms with Crippen LogP contribution in [-0.4, -0.2) is 61.5 Å². The van der Waals surface area contributed by atoms with Gasteiger partial charge in [-0.3, -0.25) is 9.69 Å². The quantitative estimate of drug-likeness (QED) is 0.833. The third-order valence-electron chi connectivity index (χ3n) is 5.04. The lowest BCUT2D eigenvalue weighted by Gasteiger charge is -2.33. The summed E-state index contributed by atoms with van der Waals surface area (Å²) in [6.07, 6.45) is 7.46. The van der Waals surface area contributed by atoms with Crippen LogP contribution in [0.1, 0.15) is 45.4 Å². The lowest BCUT2D eigenvalue weighted by atomic mass is 9.94. The van der Waals surface area contributed by atoms with E-state index in [0.717, 1.165) is 38.6 Å². The Bertz CT molecular complexity index is 296. The second kappa shape index (κ2) is 7.99. The first-order valence-corrected chi connectivity index (χ1v) is 8.38. The molecule has 2 fully saturated rings. The molecule has 2 aliphatic heterocycles. The number of piperidine rings is 2. The molecule has 4 heteroatoms. The van der Waals surface area contributed by atoms with Crippen LogP contribution in [0.25, 0.3) is 0 Å². The topological polar surface area (TPSA) is 35.6 Å². The standard InChI is InChI=1S/C16H31N3O/c1-14(16(20)19-11-4-3-5-12-19)18(2)13-8-15-6-9-17-10-7-15/h14-15,17H,3-13H2,1-2H3. The fraction of sp³-hybridized carbons (Fsp3) is 0.938. The van der Waals surface area contributed by atoms with E-state index in [1.807, 2.05) is 0 Å². The molecule has 0 aromatic rings. The monoisotopic (exact) mass is 281 g/mol. The number of likely N-dealkylation sites (tertiary alicyclic amines) is 1. The molecule has 1 amide bonds.